The minimum atomic E-state index is -0.580. The van der Waals surface area contributed by atoms with E-state index in [0.29, 0.717) is 23.1 Å². The second kappa shape index (κ2) is 9.45. The highest BCUT2D eigenvalue weighted by Gasteiger charge is 2.34. The van der Waals surface area contributed by atoms with E-state index in [1.54, 1.807) is 30.3 Å². The Morgan fingerprint density at radius 3 is 2.69 bits per heavy atom. The van der Waals surface area contributed by atoms with Crippen LogP contribution in [0.3, 0.4) is 0 Å². The van der Waals surface area contributed by atoms with Crippen molar-refractivity contribution in [1.82, 2.24) is 4.90 Å². The molecule has 29 heavy (non-hydrogen) atoms. The molecule has 1 aliphatic heterocycles. The standard InChI is InChI=1S/C21H21ClN2O5/c1-28-21(27)18-12-24(9-10-25)20(26)19(18)23-16-4-2-3-14(11-16)13-29-17-7-5-15(22)6-8-17/h2-8,11,23,25H,9-10,12-13H2,1H3. The molecule has 0 unspecified atom stereocenters. The molecule has 1 aliphatic rings. The minimum absolute atomic E-state index is 0.0910. The summed E-state index contributed by atoms with van der Waals surface area (Å²) >= 11 is 5.87. The molecule has 152 valence electrons. The normalized spacial score (nSPS) is 13.6. The lowest BCUT2D eigenvalue weighted by Crippen LogP contribution is -2.31. The maximum atomic E-state index is 12.6. The van der Waals surface area contributed by atoms with Crippen LogP contribution < -0.4 is 10.1 Å². The number of hydrogen-bond donors (Lipinski definition) is 2. The summed E-state index contributed by atoms with van der Waals surface area (Å²) in [5, 5.41) is 12.8. The van der Waals surface area contributed by atoms with Crippen molar-refractivity contribution in [2.75, 3.05) is 32.1 Å². The summed E-state index contributed by atoms with van der Waals surface area (Å²) < 4.78 is 10.5. The summed E-state index contributed by atoms with van der Waals surface area (Å²) in [5.74, 6) is -0.250. The van der Waals surface area contributed by atoms with Gasteiger partial charge in [0.15, 0.2) is 0 Å². The van der Waals surface area contributed by atoms with Gasteiger partial charge in [0.05, 0.1) is 25.8 Å². The average molecular weight is 417 g/mol. The summed E-state index contributed by atoms with van der Waals surface area (Å²) in [7, 11) is 1.26. The Labute approximate surface area is 173 Å². The van der Waals surface area contributed by atoms with Gasteiger partial charge in [-0.05, 0) is 42.0 Å². The number of rotatable bonds is 8. The van der Waals surface area contributed by atoms with E-state index in [1.165, 1.54) is 12.0 Å². The number of aliphatic hydroxyl groups excluding tert-OH is 1. The largest absolute Gasteiger partial charge is 0.489 e. The molecular weight excluding hydrogens is 396 g/mol. The Bertz CT molecular complexity index is 927. The van der Waals surface area contributed by atoms with E-state index in [1.807, 2.05) is 18.2 Å². The third kappa shape index (κ3) is 5.07. The fraction of sp³-hybridized carbons (Fsp3) is 0.238. The van der Waals surface area contributed by atoms with Crippen LogP contribution in [0, 0.1) is 0 Å². The number of hydrogen-bond acceptors (Lipinski definition) is 6. The maximum absolute atomic E-state index is 12.6. The number of nitrogens with zero attached hydrogens (tertiary/aromatic N) is 1. The van der Waals surface area contributed by atoms with Gasteiger partial charge in [-0.3, -0.25) is 4.79 Å². The Morgan fingerprint density at radius 2 is 2.00 bits per heavy atom. The number of esters is 1. The summed E-state index contributed by atoms with van der Waals surface area (Å²) in [6.07, 6.45) is 0. The molecule has 1 amide bonds. The Morgan fingerprint density at radius 1 is 1.24 bits per heavy atom. The number of halogens is 1. The molecule has 0 spiro atoms. The second-order valence-corrected chi connectivity index (χ2v) is 6.80. The fourth-order valence-electron chi connectivity index (χ4n) is 2.93. The quantitative estimate of drug-likeness (QED) is 0.643. The highest BCUT2D eigenvalue weighted by Crippen LogP contribution is 2.24. The molecule has 1 heterocycles. The van der Waals surface area contributed by atoms with Crippen LogP contribution >= 0.6 is 11.6 Å². The van der Waals surface area contributed by atoms with E-state index >= 15 is 0 Å². The summed E-state index contributed by atoms with van der Waals surface area (Å²) in [4.78, 5) is 26.1. The molecule has 8 heteroatoms. The van der Waals surface area contributed by atoms with Gasteiger partial charge < -0.3 is 24.8 Å². The number of carbonyl (C=O) groups is 2. The molecule has 0 atom stereocenters. The number of nitrogens with one attached hydrogen (secondary N) is 1. The zero-order chi connectivity index (χ0) is 20.8. The van der Waals surface area contributed by atoms with Crippen molar-refractivity contribution >= 4 is 29.2 Å². The van der Waals surface area contributed by atoms with Crippen LogP contribution in [0.5, 0.6) is 5.75 Å². The molecule has 0 saturated carbocycles. The fourth-order valence-corrected chi connectivity index (χ4v) is 3.06. The molecule has 0 saturated heterocycles. The van der Waals surface area contributed by atoms with Crippen molar-refractivity contribution in [3.8, 4) is 5.75 Å². The van der Waals surface area contributed by atoms with E-state index in [9.17, 15) is 9.59 Å². The van der Waals surface area contributed by atoms with Crippen LogP contribution in [0.15, 0.2) is 59.8 Å². The van der Waals surface area contributed by atoms with Gasteiger partial charge in [-0.15, -0.1) is 0 Å². The van der Waals surface area contributed by atoms with Crippen LogP contribution in [0.2, 0.25) is 5.02 Å². The molecule has 0 fully saturated rings. The number of anilines is 1. The van der Waals surface area contributed by atoms with Crippen LogP contribution in [0.4, 0.5) is 5.69 Å². The highest BCUT2D eigenvalue weighted by atomic mass is 35.5. The molecular formula is C21H21ClN2O5. The number of amides is 1. The lowest BCUT2D eigenvalue weighted by Gasteiger charge is -2.15. The van der Waals surface area contributed by atoms with Crippen LogP contribution in [-0.4, -0.2) is 48.7 Å². The van der Waals surface area contributed by atoms with Crippen molar-refractivity contribution in [3.05, 3.63) is 70.4 Å². The van der Waals surface area contributed by atoms with E-state index in [-0.39, 0.29) is 36.9 Å². The Balaban J connectivity index is 1.74. The van der Waals surface area contributed by atoms with Crippen molar-refractivity contribution in [3.63, 3.8) is 0 Å². The van der Waals surface area contributed by atoms with Crippen LogP contribution in [0.1, 0.15) is 5.56 Å². The lowest BCUT2D eigenvalue weighted by molar-refractivity contribution is -0.136. The first-order valence-corrected chi connectivity index (χ1v) is 9.35. The van der Waals surface area contributed by atoms with Crippen molar-refractivity contribution in [2.24, 2.45) is 0 Å². The van der Waals surface area contributed by atoms with Crippen molar-refractivity contribution < 1.29 is 24.2 Å². The van der Waals surface area contributed by atoms with Crippen LogP contribution in [0.25, 0.3) is 0 Å². The first-order valence-electron chi connectivity index (χ1n) is 8.97. The second-order valence-electron chi connectivity index (χ2n) is 6.36. The molecule has 0 radical (unpaired) electrons. The number of aliphatic hydroxyl groups is 1. The van der Waals surface area contributed by atoms with E-state index in [0.717, 1.165) is 5.56 Å². The predicted octanol–water partition coefficient (Wildman–Crippen LogP) is 2.59. The smallest absolute Gasteiger partial charge is 0.337 e. The highest BCUT2D eigenvalue weighted by molar-refractivity contribution is 6.30. The molecule has 0 bridgehead atoms. The van der Waals surface area contributed by atoms with Crippen LogP contribution in [-0.2, 0) is 20.9 Å². The van der Waals surface area contributed by atoms with Gasteiger partial charge in [-0.2, -0.15) is 0 Å². The first kappa shape index (κ1) is 20.7. The SMILES string of the molecule is COC(=O)C1=C(Nc2cccc(COc3ccc(Cl)cc3)c2)C(=O)N(CCO)C1. The number of methoxy groups -OCH3 is 1. The minimum Gasteiger partial charge on any atom is -0.489 e. The van der Waals surface area contributed by atoms with Gasteiger partial charge in [-0.25, -0.2) is 4.79 Å². The summed E-state index contributed by atoms with van der Waals surface area (Å²) in [6.45, 7) is 0.364. The predicted molar refractivity (Wildman–Crippen MR) is 109 cm³/mol. The van der Waals surface area contributed by atoms with Gasteiger partial charge in [0.2, 0.25) is 0 Å². The third-order valence-corrected chi connectivity index (χ3v) is 4.62. The number of ether oxygens (including phenoxy) is 2. The van der Waals surface area contributed by atoms with E-state index < -0.39 is 5.97 Å². The van der Waals surface area contributed by atoms with Gasteiger partial charge in [0, 0.05) is 17.3 Å². The maximum Gasteiger partial charge on any atom is 0.337 e. The monoisotopic (exact) mass is 416 g/mol. The number of benzene rings is 2. The Kier molecular flexibility index (Phi) is 6.74. The Hall–Kier alpha value is -3.03. The molecule has 2 N–H and O–H groups in total. The first-order chi connectivity index (χ1) is 14.0. The average Bonchev–Trinajstić information content (AvgIpc) is 3.03. The van der Waals surface area contributed by atoms with Gasteiger partial charge in [-0.1, -0.05) is 23.7 Å². The molecule has 0 aliphatic carbocycles. The lowest BCUT2D eigenvalue weighted by atomic mass is 10.2. The zero-order valence-electron chi connectivity index (χ0n) is 15.9. The summed E-state index contributed by atoms with van der Waals surface area (Å²) in [5.41, 5.74) is 1.90. The topological polar surface area (TPSA) is 88.1 Å². The summed E-state index contributed by atoms with van der Waals surface area (Å²) in [6, 6.07) is 14.4. The van der Waals surface area contributed by atoms with Crippen molar-refractivity contribution in [2.45, 2.75) is 6.61 Å². The molecule has 7 nitrogen and oxygen atoms in total. The van der Waals surface area contributed by atoms with E-state index in [2.05, 4.69) is 5.32 Å². The molecule has 0 aromatic heterocycles. The number of carbonyl (C=O) groups excluding carboxylic acids is 2. The van der Waals surface area contributed by atoms with Gasteiger partial charge in [0.1, 0.15) is 18.1 Å². The molecule has 3 rings (SSSR count). The van der Waals surface area contributed by atoms with E-state index in [4.69, 9.17) is 26.2 Å². The molecule has 2 aromatic rings. The van der Waals surface area contributed by atoms with Crippen molar-refractivity contribution in [1.29, 1.82) is 0 Å². The zero-order valence-corrected chi connectivity index (χ0v) is 16.6. The molecule has 2 aromatic carbocycles. The van der Waals surface area contributed by atoms with Gasteiger partial charge in [0.25, 0.3) is 5.91 Å². The number of β-amino-alcohol motifs (C(OH)–C–C–N with tert-alkyl or cyclic N) is 1. The third-order valence-electron chi connectivity index (χ3n) is 4.37. The van der Waals surface area contributed by atoms with Gasteiger partial charge >= 0.3 is 5.97 Å².